The Kier molecular flexibility index (Phi) is 5.68. The zero-order valence-corrected chi connectivity index (χ0v) is 21.9. The van der Waals surface area contributed by atoms with E-state index in [1.165, 1.54) is 11.8 Å². The van der Waals surface area contributed by atoms with E-state index >= 15 is 0 Å². The third-order valence-electron chi connectivity index (χ3n) is 7.15. The summed E-state index contributed by atoms with van der Waals surface area (Å²) in [6.07, 6.45) is 3.15. The predicted molar refractivity (Wildman–Crippen MR) is 147 cm³/mol. The molecule has 7 heteroatoms. The highest BCUT2D eigenvalue weighted by Gasteiger charge is 2.35. The maximum absolute atomic E-state index is 12.7. The van der Waals surface area contributed by atoms with Gasteiger partial charge in [-0.25, -0.2) is 14.7 Å². The van der Waals surface area contributed by atoms with Gasteiger partial charge in [-0.2, -0.15) is 5.10 Å². The van der Waals surface area contributed by atoms with Gasteiger partial charge in [0.05, 0.1) is 28.3 Å². The number of rotatable bonds is 4. The van der Waals surface area contributed by atoms with Crippen LogP contribution >= 0.6 is 11.3 Å². The molecule has 1 N–H and O–H groups in total. The predicted octanol–water partition coefficient (Wildman–Crippen LogP) is 6.90. The highest BCUT2D eigenvalue weighted by Crippen LogP contribution is 2.48. The number of aliphatic hydroxyl groups excluding tert-OH is 1. The number of Topliss-reactive ketones (excluding diaryl/α,β-unsaturated/α-hetero) is 1. The first-order valence-electron chi connectivity index (χ1n) is 12.5. The zero-order chi connectivity index (χ0) is 25.7. The molecule has 0 radical (unpaired) electrons. The van der Waals surface area contributed by atoms with E-state index in [2.05, 4.69) is 41.4 Å². The fraction of sp³-hybridized carbons (Fsp3) is 0.267. The van der Waals surface area contributed by atoms with Gasteiger partial charge in [-0.15, -0.1) is 0 Å². The van der Waals surface area contributed by atoms with Gasteiger partial charge in [0.25, 0.3) is 0 Å². The number of para-hydroxylation sites is 1. The Morgan fingerprint density at radius 1 is 1.08 bits per heavy atom. The quantitative estimate of drug-likeness (QED) is 0.304. The maximum Gasteiger partial charge on any atom is 0.209 e. The zero-order valence-electron chi connectivity index (χ0n) is 21.1. The monoisotopic (exact) mass is 508 g/mol. The summed E-state index contributed by atoms with van der Waals surface area (Å²) in [6, 6.07) is 20.7. The van der Waals surface area contributed by atoms with Crippen LogP contribution in [0.2, 0.25) is 0 Å². The van der Waals surface area contributed by atoms with Crippen LogP contribution in [0.4, 0.5) is 5.13 Å². The molecule has 6 rings (SSSR count). The molecule has 4 aromatic rings. The second-order valence-electron chi connectivity index (χ2n) is 10.6. The van der Waals surface area contributed by atoms with E-state index in [-0.39, 0.29) is 22.9 Å². The molecule has 2 aromatic carbocycles. The summed E-state index contributed by atoms with van der Waals surface area (Å²) >= 11 is 1.54. The van der Waals surface area contributed by atoms with E-state index in [9.17, 15) is 9.90 Å². The molecular formula is C30H28N4O2S. The van der Waals surface area contributed by atoms with Gasteiger partial charge in [-0.1, -0.05) is 73.7 Å². The summed E-state index contributed by atoms with van der Waals surface area (Å²) in [5, 5.41) is 16.0. The van der Waals surface area contributed by atoms with Crippen LogP contribution in [0, 0.1) is 12.3 Å². The number of aromatic nitrogens is 3. The summed E-state index contributed by atoms with van der Waals surface area (Å²) in [6.45, 7) is 6.00. The average Bonchev–Trinajstić information content (AvgIpc) is 3.44. The number of hydrogen-bond donors (Lipinski definition) is 1. The minimum absolute atomic E-state index is 0.0803. The number of benzene rings is 2. The minimum Gasteiger partial charge on any atom is -0.511 e. The van der Waals surface area contributed by atoms with Gasteiger partial charge in [0.15, 0.2) is 5.78 Å². The molecule has 2 heterocycles. The molecule has 0 fully saturated rings. The maximum atomic E-state index is 12.7. The molecule has 37 heavy (non-hydrogen) atoms. The first kappa shape index (κ1) is 23.6. The summed E-state index contributed by atoms with van der Waals surface area (Å²) in [5.41, 5.74) is 6.32. The summed E-state index contributed by atoms with van der Waals surface area (Å²) < 4.78 is 2.04. The second kappa shape index (κ2) is 8.92. The van der Waals surface area contributed by atoms with E-state index in [0.29, 0.717) is 23.5 Å². The molecule has 2 aliphatic carbocycles. The molecule has 1 unspecified atom stereocenters. The lowest BCUT2D eigenvalue weighted by atomic mass is 9.77. The van der Waals surface area contributed by atoms with Crippen LogP contribution in [-0.2, 0) is 11.2 Å². The van der Waals surface area contributed by atoms with Crippen molar-refractivity contribution < 1.29 is 9.90 Å². The Hall–Kier alpha value is -3.84. The van der Waals surface area contributed by atoms with Crippen LogP contribution in [0.3, 0.4) is 0 Å². The van der Waals surface area contributed by atoms with Crippen molar-refractivity contribution in [1.82, 2.24) is 14.8 Å². The van der Waals surface area contributed by atoms with Crippen LogP contribution in [0.25, 0.3) is 16.9 Å². The fourth-order valence-electron chi connectivity index (χ4n) is 5.45. The Morgan fingerprint density at radius 2 is 1.78 bits per heavy atom. The fourth-order valence-corrected chi connectivity index (χ4v) is 6.50. The standard InChI is InChI=1S/C30H28N4O2S/c1-18-26-23(34(33-18)20-12-8-5-9-13-20)14-21(19-10-6-4-7-11-19)28-27(26)32-29(37-28)31-17-22-24(35)15-30(2,3)16-25(22)36/h4-13,17,21,35H,14-16H2,1-3H3/b31-17+. The van der Waals surface area contributed by atoms with E-state index < -0.39 is 0 Å². The van der Waals surface area contributed by atoms with Crippen molar-refractivity contribution in [2.75, 3.05) is 0 Å². The van der Waals surface area contributed by atoms with Crippen LogP contribution in [0.5, 0.6) is 0 Å². The average molecular weight is 509 g/mol. The van der Waals surface area contributed by atoms with Crippen LogP contribution in [0.1, 0.15) is 54.4 Å². The molecule has 2 aliphatic rings. The van der Waals surface area contributed by atoms with E-state index in [4.69, 9.17) is 10.1 Å². The Balaban J connectivity index is 1.46. The van der Waals surface area contributed by atoms with Crippen LogP contribution in [-0.4, -0.2) is 31.9 Å². The summed E-state index contributed by atoms with van der Waals surface area (Å²) in [7, 11) is 0. The number of aliphatic imine (C=N–C) groups is 1. The van der Waals surface area contributed by atoms with Gasteiger partial charge in [-0.05, 0) is 30.0 Å². The molecule has 0 aliphatic heterocycles. The number of fused-ring (bicyclic) bond motifs is 3. The molecule has 0 bridgehead atoms. The lowest BCUT2D eigenvalue weighted by Crippen LogP contribution is -2.26. The van der Waals surface area contributed by atoms with Gasteiger partial charge in [0, 0.05) is 41.8 Å². The Labute approximate surface area is 220 Å². The number of allylic oxidation sites excluding steroid dienone is 2. The number of carbonyl (C=O) groups is 1. The first-order valence-corrected chi connectivity index (χ1v) is 13.3. The smallest absolute Gasteiger partial charge is 0.209 e. The summed E-state index contributed by atoms with van der Waals surface area (Å²) in [4.78, 5) is 23.4. The van der Waals surface area contributed by atoms with Crippen molar-refractivity contribution in [2.45, 2.75) is 46.0 Å². The van der Waals surface area contributed by atoms with Crippen molar-refractivity contribution in [1.29, 1.82) is 0 Å². The molecule has 0 saturated carbocycles. The number of thiazole rings is 1. The molecule has 186 valence electrons. The number of hydrogen-bond acceptors (Lipinski definition) is 6. The van der Waals surface area contributed by atoms with E-state index in [1.807, 2.05) is 49.7 Å². The van der Waals surface area contributed by atoms with Crippen molar-refractivity contribution in [3.05, 3.63) is 93.8 Å². The van der Waals surface area contributed by atoms with Crippen molar-refractivity contribution >= 4 is 28.5 Å². The van der Waals surface area contributed by atoms with Crippen LogP contribution < -0.4 is 0 Å². The Bertz CT molecular complexity index is 1560. The highest BCUT2D eigenvalue weighted by atomic mass is 32.1. The molecular weight excluding hydrogens is 480 g/mol. The van der Waals surface area contributed by atoms with Gasteiger partial charge >= 0.3 is 0 Å². The lowest BCUT2D eigenvalue weighted by molar-refractivity contribution is -0.117. The Morgan fingerprint density at radius 3 is 2.49 bits per heavy atom. The number of aliphatic hydroxyl groups is 1. The van der Waals surface area contributed by atoms with Crippen molar-refractivity contribution in [2.24, 2.45) is 10.4 Å². The lowest BCUT2D eigenvalue weighted by Gasteiger charge is -2.28. The van der Waals surface area contributed by atoms with Crippen molar-refractivity contribution in [3.8, 4) is 16.9 Å². The van der Waals surface area contributed by atoms with E-state index in [1.54, 1.807) is 11.3 Å². The molecule has 1 atom stereocenters. The highest BCUT2D eigenvalue weighted by molar-refractivity contribution is 7.16. The molecule has 0 saturated heterocycles. The molecule has 2 aromatic heterocycles. The number of ketones is 1. The van der Waals surface area contributed by atoms with Gasteiger partial charge in [0.1, 0.15) is 5.76 Å². The number of aryl methyl sites for hydroxylation is 1. The van der Waals surface area contributed by atoms with Gasteiger partial charge in [-0.3, -0.25) is 4.79 Å². The third kappa shape index (κ3) is 4.23. The second-order valence-corrected chi connectivity index (χ2v) is 11.6. The van der Waals surface area contributed by atoms with Crippen LogP contribution in [0.15, 0.2) is 77.0 Å². The van der Waals surface area contributed by atoms with Gasteiger partial charge < -0.3 is 5.11 Å². The summed E-state index contributed by atoms with van der Waals surface area (Å²) in [5.74, 6) is 0.146. The van der Waals surface area contributed by atoms with Gasteiger partial charge in [0.2, 0.25) is 5.13 Å². The first-order chi connectivity index (χ1) is 17.8. The number of carbonyl (C=O) groups excluding carboxylic acids is 1. The molecule has 0 amide bonds. The molecule has 0 spiro atoms. The third-order valence-corrected chi connectivity index (χ3v) is 8.23. The SMILES string of the molecule is Cc1nn(-c2ccccc2)c2c1-c1nc(/N=C/C3=C(O)CC(C)(C)CC3=O)sc1C(c1ccccc1)C2. The number of nitrogens with zero attached hydrogens (tertiary/aromatic N) is 4. The van der Waals surface area contributed by atoms with E-state index in [0.717, 1.165) is 39.6 Å². The molecule has 6 nitrogen and oxygen atoms in total. The largest absolute Gasteiger partial charge is 0.511 e. The normalized spacial score (nSPS) is 18.8. The topological polar surface area (TPSA) is 80.4 Å². The van der Waals surface area contributed by atoms with Crippen molar-refractivity contribution in [3.63, 3.8) is 0 Å². The minimum atomic E-state index is -0.242.